The van der Waals surface area contributed by atoms with Gasteiger partial charge < -0.3 is 14.7 Å². The molecule has 2 unspecified atom stereocenters. The Morgan fingerprint density at radius 2 is 2.50 bits per heavy atom. The lowest BCUT2D eigenvalue weighted by molar-refractivity contribution is -0.128. The van der Waals surface area contributed by atoms with Crippen LogP contribution in [0, 0.1) is 0 Å². The van der Waals surface area contributed by atoms with E-state index in [2.05, 4.69) is 5.32 Å². The highest BCUT2D eigenvalue weighted by molar-refractivity contribution is 5.83. The fourth-order valence-corrected chi connectivity index (χ4v) is 1.62. The van der Waals surface area contributed by atoms with Crippen molar-refractivity contribution in [1.29, 1.82) is 0 Å². The molecule has 14 heavy (non-hydrogen) atoms. The SMILES string of the molecule is COCC(CO)NC1CCN(C)C1=O. The zero-order valence-electron chi connectivity index (χ0n) is 8.69. The van der Waals surface area contributed by atoms with Crippen molar-refractivity contribution in [2.75, 3.05) is 33.9 Å². The number of likely N-dealkylation sites (tertiary alicyclic amines) is 1. The van der Waals surface area contributed by atoms with Crippen LogP contribution in [0.1, 0.15) is 6.42 Å². The van der Waals surface area contributed by atoms with Gasteiger partial charge in [-0.15, -0.1) is 0 Å². The molecule has 1 saturated heterocycles. The monoisotopic (exact) mass is 202 g/mol. The Kier molecular flexibility index (Phi) is 4.31. The van der Waals surface area contributed by atoms with Gasteiger partial charge in [-0.05, 0) is 6.42 Å². The summed E-state index contributed by atoms with van der Waals surface area (Å²) in [5, 5.41) is 12.1. The van der Waals surface area contributed by atoms with Crippen LogP contribution in [0.5, 0.6) is 0 Å². The van der Waals surface area contributed by atoms with Crippen LogP contribution in [0.3, 0.4) is 0 Å². The third-order valence-electron chi connectivity index (χ3n) is 2.45. The van der Waals surface area contributed by atoms with Gasteiger partial charge in [-0.1, -0.05) is 0 Å². The number of carbonyl (C=O) groups excluding carboxylic acids is 1. The maximum absolute atomic E-state index is 11.5. The molecule has 0 aromatic carbocycles. The molecule has 2 N–H and O–H groups in total. The molecule has 1 amide bonds. The maximum atomic E-state index is 11.5. The number of hydrogen-bond acceptors (Lipinski definition) is 4. The van der Waals surface area contributed by atoms with Gasteiger partial charge in [0, 0.05) is 20.7 Å². The highest BCUT2D eigenvalue weighted by Crippen LogP contribution is 2.09. The Morgan fingerprint density at radius 3 is 2.93 bits per heavy atom. The molecule has 1 fully saturated rings. The van der Waals surface area contributed by atoms with Crippen molar-refractivity contribution >= 4 is 5.91 Å². The molecule has 0 saturated carbocycles. The largest absolute Gasteiger partial charge is 0.395 e. The summed E-state index contributed by atoms with van der Waals surface area (Å²) in [6.07, 6.45) is 0.801. The summed E-state index contributed by atoms with van der Waals surface area (Å²) in [7, 11) is 3.36. The quantitative estimate of drug-likeness (QED) is 0.589. The average Bonchev–Trinajstić information content (AvgIpc) is 2.49. The van der Waals surface area contributed by atoms with Crippen LogP contribution >= 0.6 is 0 Å². The van der Waals surface area contributed by atoms with Crippen molar-refractivity contribution in [3.8, 4) is 0 Å². The molecule has 2 atom stereocenters. The Hall–Kier alpha value is -0.650. The number of likely N-dealkylation sites (N-methyl/N-ethyl adjacent to an activating group) is 1. The lowest BCUT2D eigenvalue weighted by Gasteiger charge is -2.19. The van der Waals surface area contributed by atoms with Gasteiger partial charge in [-0.2, -0.15) is 0 Å². The lowest BCUT2D eigenvalue weighted by Crippen LogP contribution is -2.46. The Bertz CT molecular complexity index is 198. The fraction of sp³-hybridized carbons (Fsp3) is 0.889. The van der Waals surface area contributed by atoms with Gasteiger partial charge >= 0.3 is 0 Å². The summed E-state index contributed by atoms with van der Waals surface area (Å²) in [6.45, 7) is 1.19. The first-order valence-electron chi connectivity index (χ1n) is 4.80. The maximum Gasteiger partial charge on any atom is 0.239 e. The highest BCUT2D eigenvalue weighted by atomic mass is 16.5. The van der Waals surface area contributed by atoms with Crippen LogP contribution < -0.4 is 5.32 Å². The minimum absolute atomic E-state index is 0.0126. The molecule has 0 aromatic rings. The van der Waals surface area contributed by atoms with Gasteiger partial charge in [0.1, 0.15) is 0 Å². The summed E-state index contributed by atoms with van der Waals surface area (Å²) in [4.78, 5) is 13.2. The summed E-state index contributed by atoms with van der Waals surface area (Å²) < 4.78 is 4.92. The van der Waals surface area contributed by atoms with E-state index in [1.165, 1.54) is 0 Å². The summed E-state index contributed by atoms with van der Waals surface area (Å²) in [5.41, 5.74) is 0. The van der Waals surface area contributed by atoms with Crippen LogP contribution in [-0.4, -0.2) is 61.9 Å². The van der Waals surface area contributed by atoms with Crippen LogP contribution in [0.15, 0.2) is 0 Å². The number of carbonyl (C=O) groups is 1. The third kappa shape index (κ3) is 2.67. The van der Waals surface area contributed by atoms with E-state index in [1.807, 2.05) is 0 Å². The second-order valence-electron chi connectivity index (χ2n) is 3.60. The minimum atomic E-state index is -0.160. The second-order valence-corrected chi connectivity index (χ2v) is 3.60. The molecule has 1 aliphatic heterocycles. The average molecular weight is 202 g/mol. The first-order chi connectivity index (χ1) is 6.69. The third-order valence-corrected chi connectivity index (χ3v) is 2.45. The molecule has 0 bridgehead atoms. The van der Waals surface area contributed by atoms with E-state index < -0.39 is 0 Å². The molecular formula is C9H18N2O3. The van der Waals surface area contributed by atoms with Crippen molar-refractivity contribution in [2.24, 2.45) is 0 Å². The van der Waals surface area contributed by atoms with Crippen LogP contribution in [-0.2, 0) is 9.53 Å². The van der Waals surface area contributed by atoms with Gasteiger partial charge in [0.15, 0.2) is 0 Å². The Morgan fingerprint density at radius 1 is 1.79 bits per heavy atom. The lowest BCUT2D eigenvalue weighted by atomic mass is 10.2. The Balaban J connectivity index is 2.39. The van der Waals surface area contributed by atoms with E-state index in [4.69, 9.17) is 9.84 Å². The topological polar surface area (TPSA) is 61.8 Å². The van der Waals surface area contributed by atoms with Crippen LogP contribution in [0.4, 0.5) is 0 Å². The molecule has 1 heterocycles. The van der Waals surface area contributed by atoms with Gasteiger partial charge in [-0.25, -0.2) is 0 Å². The first kappa shape index (κ1) is 11.4. The van der Waals surface area contributed by atoms with Gasteiger partial charge in [0.2, 0.25) is 5.91 Å². The van der Waals surface area contributed by atoms with Crippen molar-refractivity contribution in [3.63, 3.8) is 0 Å². The van der Waals surface area contributed by atoms with E-state index in [1.54, 1.807) is 19.1 Å². The van der Waals surface area contributed by atoms with Crippen LogP contribution in [0.2, 0.25) is 0 Å². The van der Waals surface area contributed by atoms with Gasteiger partial charge in [-0.3, -0.25) is 10.1 Å². The number of rotatable bonds is 5. The van der Waals surface area contributed by atoms with Gasteiger partial charge in [0.05, 0.1) is 25.3 Å². The number of methoxy groups -OCH3 is 1. The van der Waals surface area contributed by atoms with Crippen LogP contribution in [0.25, 0.3) is 0 Å². The predicted octanol–water partition coefficient (Wildman–Crippen LogP) is -1.19. The number of nitrogens with zero attached hydrogens (tertiary/aromatic N) is 1. The van der Waals surface area contributed by atoms with Crippen molar-refractivity contribution in [2.45, 2.75) is 18.5 Å². The molecule has 1 aliphatic rings. The Labute approximate surface area is 84.0 Å². The first-order valence-corrected chi connectivity index (χ1v) is 4.80. The number of hydrogen-bond donors (Lipinski definition) is 2. The zero-order valence-corrected chi connectivity index (χ0v) is 8.69. The molecule has 0 aliphatic carbocycles. The summed E-state index contributed by atoms with van der Waals surface area (Å²) >= 11 is 0. The van der Waals surface area contributed by atoms with Crippen molar-refractivity contribution in [3.05, 3.63) is 0 Å². The molecule has 1 rings (SSSR count). The normalized spacial score (nSPS) is 24.4. The summed E-state index contributed by atoms with van der Waals surface area (Å²) in [6, 6.07) is -0.312. The summed E-state index contributed by atoms with van der Waals surface area (Å²) in [5.74, 6) is 0.0968. The number of ether oxygens (including phenoxy) is 1. The number of nitrogens with one attached hydrogen (secondary N) is 1. The predicted molar refractivity (Wildman–Crippen MR) is 51.9 cm³/mol. The van der Waals surface area contributed by atoms with Gasteiger partial charge in [0.25, 0.3) is 0 Å². The highest BCUT2D eigenvalue weighted by Gasteiger charge is 2.30. The molecule has 5 heteroatoms. The number of aliphatic hydroxyl groups is 1. The molecule has 0 radical (unpaired) electrons. The smallest absolute Gasteiger partial charge is 0.239 e. The standard InChI is InChI=1S/C9H18N2O3/c1-11-4-3-8(9(11)13)10-7(5-12)6-14-2/h7-8,10,12H,3-6H2,1-2H3. The second kappa shape index (κ2) is 5.29. The van der Waals surface area contributed by atoms with Crippen molar-refractivity contribution < 1.29 is 14.6 Å². The van der Waals surface area contributed by atoms with Crippen molar-refractivity contribution in [1.82, 2.24) is 10.2 Å². The number of aliphatic hydroxyl groups excluding tert-OH is 1. The molecular weight excluding hydrogens is 184 g/mol. The minimum Gasteiger partial charge on any atom is -0.395 e. The fourth-order valence-electron chi connectivity index (χ4n) is 1.62. The van der Waals surface area contributed by atoms with E-state index in [0.717, 1.165) is 13.0 Å². The van der Waals surface area contributed by atoms with E-state index in [-0.39, 0.29) is 24.6 Å². The molecule has 0 spiro atoms. The molecule has 82 valence electrons. The number of amides is 1. The van der Waals surface area contributed by atoms with E-state index in [0.29, 0.717) is 6.61 Å². The van der Waals surface area contributed by atoms with E-state index >= 15 is 0 Å². The zero-order chi connectivity index (χ0) is 10.6. The van der Waals surface area contributed by atoms with E-state index in [9.17, 15) is 4.79 Å². The molecule has 0 aromatic heterocycles. The molecule has 5 nitrogen and oxygen atoms in total.